The van der Waals surface area contributed by atoms with Crippen molar-refractivity contribution in [3.63, 3.8) is 0 Å². The molecule has 0 aromatic carbocycles. The van der Waals surface area contributed by atoms with Crippen molar-refractivity contribution in [3.05, 3.63) is 21.4 Å². The van der Waals surface area contributed by atoms with Crippen molar-refractivity contribution in [2.45, 2.75) is 46.6 Å². The number of hydrogen-bond donors (Lipinski definition) is 0. The molecule has 0 N–H and O–H groups in total. The number of likely N-dealkylation sites (tertiary alicyclic amines) is 1. The van der Waals surface area contributed by atoms with E-state index in [0.29, 0.717) is 18.5 Å². The Kier molecular flexibility index (Phi) is 4.23. The van der Waals surface area contributed by atoms with Crippen LogP contribution in [-0.4, -0.2) is 29.8 Å². The van der Waals surface area contributed by atoms with Gasteiger partial charge in [0.1, 0.15) is 0 Å². The van der Waals surface area contributed by atoms with Gasteiger partial charge in [-0.15, -0.1) is 11.3 Å². The highest BCUT2D eigenvalue weighted by atomic mass is 32.1. The van der Waals surface area contributed by atoms with Crippen LogP contribution in [0.1, 0.15) is 46.8 Å². The molecule has 2 rings (SSSR count). The summed E-state index contributed by atoms with van der Waals surface area (Å²) in [6.07, 6.45) is 2.52. The zero-order valence-corrected chi connectivity index (χ0v) is 12.6. The van der Waals surface area contributed by atoms with Crippen molar-refractivity contribution < 1.29 is 4.79 Å². The number of nitrogens with zero attached hydrogens (tertiary/aromatic N) is 1. The normalized spacial score (nSPS) is 25.3. The lowest BCUT2D eigenvalue weighted by atomic mass is 9.91. The Balaban J connectivity index is 2.05. The molecule has 1 aromatic rings. The van der Waals surface area contributed by atoms with E-state index in [-0.39, 0.29) is 5.78 Å². The summed E-state index contributed by atoms with van der Waals surface area (Å²) in [5, 5.41) is 0. The number of ketones is 1. The van der Waals surface area contributed by atoms with E-state index in [4.69, 9.17) is 0 Å². The molecule has 2 heterocycles. The Bertz CT molecular complexity index is 438. The minimum absolute atomic E-state index is 0.290. The van der Waals surface area contributed by atoms with E-state index in [0.717, 1.165) is 17.0 Å². The Morgan fingerprint density at radius 3 is 2.78 bits per heavy atom. The molecule has 18 heavy (non-hydrogen) atoms. The monoisotopic (exact) mass is 265 g/mol. The van der Waals surface area contributed by atoms with Gasteiger partial charge in [0.05, 0.1) is 6.54 Å². The van der Waals surface area contributed by atoms with Crippen LogP contribution in [-0.2, 0) is 0 Å². The highest BCUT2D eigenvalue weighted by Gasteiger charge is 2.26. The lowest BCUT2D eigenvalue weighted by Gasteiger charge is -2.37. The number of aryl methyl sites for hydroxylation is 2. The third kappa shape index (κ3) is 2.83. The maximum atomic E-state index is 12.4. The van der Waals surface area contributed by atoms with Crippen LogP contribution in [0.2, 0.25) is 0 Å². The fourth-order valence-electron chi connectivity index (χ4n) is 2.82. The van der Waals surface area contributed by atoms with E-state index >= 15 is 0 Å². The van der Waals surface area contributed by atoms with E-state index < -0.39 is 0 Å². The average Bonchev–Trinajstić information content (AvgIpc) is 2.64. The van der Waals surface area contributed by atoms with Gasteiger partial charge < -0.3 is 0 Å². The van der Waals surface area contributed by atoms with Crippen molar-refractivity contribution in [3.8, 4) is 0 Å². The number of carbonyl (C=O) groups excluding carboxylic acids is 1. The van der Waals surface area contributed by atoms with E-state index in [9.17, 15) is 4.79 Å². The average molecular weight is 265 g/mol. The number of hydrogen-bond acceptors (Lipinski definition) is 3. The molecule has 1 aliphatic rings. The third-order valence-corrected chi connectivity index (χ3v) is 5.16. The summed E-state index contributed by atoms with van der Waals surface area (Å²) in [5.41, 5.74) is 0.933. The van der Waals surface area contributed by atoms with Crippen molar-refractivity contribution in [1.29, 1.82) is 0 Å². The van der Waals surface area contributed by atoms with Crippen molar-refractivity contribution in [2.24, 2.45) is 5.92 Å². The van der Waals surface area contributed by atoms with Crippen LogP contribution >= 0.6 is 11.3 Å². The molecule has 2 unspecified atom stereocenters. The number of Topliss-reactive ketones (excluding diaryl/α,β-unsaturated/α-hetero) is 1. The molecule has 3 heteroatoms. The molecule has 2 nitrogen and oxygen atoms in total. The smallest absolute Gasteiger partial charge is 0.177 e. The second-order valence-corrected chi connectivity index (χ2v) is 7.04. The highest BCUT2D eigenvalue weighted by molar-refractivity contribution is 7.12. The second-order valence-electron chi connectivity index (χ2n) is 5.58. The molecule has 0 amide bonds. The molecular weight excluding hydrogens is 242 g/mol. The first-order valence-electron chi connectivity index (χ1n) is 6.83. The molecule has 2 atom stereocenters. The van der Waals surface area contributed by atoms with Crippen LogP contribution in [0.5, 0.6) is 0 Å². The molecular formula is C15H23NOS. The summed E-state index contributed by atoms with van der Waals surface area (Å²) in [7, 11) is 0. The maximum absolute atomic E-state index is 12.4. The summed E-state index contributed by atoms with van der Waals surface area (Å²) in [6.45, 7) is 10.3. The molecule has 0 aliphatic carbocycles. The quantitative estimate of drug-likeness (QED) is 0.777. The van der Waals surface area contributed by atoms with Gasteiger partial charge in [-0.25, -0.2) is 0 Å². The van der Waals surface area contributed by atoms with E-state index in [1.54, 1.807) is 11.3 Å². The first-order valence-corrected chi connectivity index (χ1v) is 7.65. The summed E-state index contributed by atoms with van der Waals surface area (Å²) in [4.78, 5) is 17.1. The summed E-state index contributed by atoms with van der Waals surface area (Å²) >= 11 is 1.72. The van der Waals surface area contributed by atoms with Crippen molar-refractivity contribution in [2.75, 3.05) is 13.1 Å². The van der Waals surface area contributed by atoms with E-state index in [1.165, 1.54) is 17.7 Å². The first kappa shape index (κ1) is 13.8. The Morgan fingerprint density at radius 2 is 2.17 bits per heavy atom. The maximum Gasteiger partial charge on any atom is 0.177 e. The van der Waals surface area contributed by atoms with Gasteiger partial charge in [0.2, 0.25) is 0 Å². The molecule has 0 bridgehead atoms. The molecule has 1 saturated heterocycles. The van der Waals surface area contributed by atoms with Crippen LogP contribution in [0, 0.1) is 19.8 Å². The number of carbonyl (C=O) groups is 1. The lowest BCUT2D eigenvalue weighted by molar-refractivity contribution is 0.0779. The van der Waals surface area contributed by atoms with Gasteiger partial charge in [0.25, 0.3) is 0 Å². The van der Waals surface area contributed by atoms with Crippen LogP contribution in [0.15, 0.2) is 6.07 Å². The predicted octanol–water partition coefficient (Wildman–Crippen LogP) is 3.67. The second kappa shape index (κ2) is 5.54. The van der Waals surface area contributed by atoms with Gasteiger partial charge in [-0.2, -0.15) is 0 Å². The highest BCUT2D eigenvalue weighted by Crippen LogP contribution is 2.25. The Morgan fingerprint density at radius 1 is 1.44 bits per heavy atom. The van der Waals surface area contributed by atoms with Gasteiger partial charge in [0, 0.05) is 21.4 Å². The first-order chi connectivity index (χ1) is 8.49. The molecule has 0 radical (unpaired) electrons. The minimum Gasteiger partial charge on any atom is -0.293 e. The van der Waals surface area contributed by atoms with Crippen LogP contribution < -0.4 is 0 Å². The van der Waals surface area contributed by atoms with Crippen LogP contribution in [0.4, 0.5) is 0 Å². The molecule has 0 saturated carbocycles. The van der Waals surface area contributed by atoms with Crippen molar-refractivity contribution >= 4 is 17.1 Å². The van der Waals surface area contributed by atoms with Crippen LogP contribution in [0.25, 0.3) is 0 Å². The van der Waals surface area contributed by atoms with Gasteiger partial charge >= 0.3 is 0 Å². The fourth-order valence-corrected chi connectivity index (χ4v) is 3.76. The summed E-state index contributed by atoms with van der Waals surface area (Å²) in [5.74, 6) is 0.995. The molecule has 1 aromatic heterocycles. The molecule has 100 valence electrons. The zero-order valence-electron chi connectivity index (χ0n) is 11.8. The standard InChI is InChI=1S/C15H23NOS/c1-10-6-5-7-16(12(10)3)9-15(17)14-8-11(2)18-13(14)4/h8,10,12H,5-7,9H2,1-4H3. The molecule has 1 aliphatic heterocycles. The van der Waals surface area contributed by atoms with Crippen molar-refractivity contribution in [1.82, 2.24) is 4.90 Å². The Labute approximate surface area is 114 Å². The number of rotatable bonds is 3. The molecule has 1 fully saturated rings. The summed E-state index contributed by atoms with van der Waals surface area (Å²) in [6, 6.07) is 2.57. The Hall–Kier alpha value is -0.670. The van der Waals surface area contributed by atoms with E-state index in [1.807, 2.05) is 13.0 Å². The fraction of sp³-hybridized carbons (Fsp3) is 0.667. The predicted molar refractivity (Wildman–Crippen MR) is 77.6 cm³/mol. The lowest BCUT2D eigenvalue weighted by Crippen LogP contribution is -2.44. The number of thiophene rings is 1. The van der Waals surface area contributed by atoms with Gasteiger partial charge in [-0.05, 0) is 52.1 Å². The SMILES string of the molecule is Cc1cc(C(=O)CN2CCCC(C)C2C)c(C)s1. The van der Waals surface area contributed by atoms with Gasteiger partial charge in [-0.3, -0.25) is 9.69 Å². The number of piperidine rings is 1. The summed E-state index contributed by atoms with van der Waals surface area (Å²) < 4.78 is 0. The zero-order chi connectivity index (χ0) is 13.3. The third-order valence-electron chi connectivity index (χ3n) is 4.19. The van der Waals surface area contributed by atoms with Crippen LogP contribution in [0.3, 0.4) is 0 Å². The van der Waals surface area contributed by atoms with E-state index in [2.05, 4.69) is 25.7 Å². The van der Waals surface area contributed by atoms with Gasteiger partial charge in [0.15, 0.2) is 5.78 Å². The minimum atomic E-state index is 0.290. The topological polar surface area (TPSA) is 20.3 Å². The largest absolute Gasteiger partial charge is 0.293 e. The van der Waals surface area contributed by atoms with Gasteiger partial charge in [-0.1, -0.05) is 6.92 Å². The molecule has 0 spiro atoms.